The van der Waals surface area contributed by atoms with Gasteiger partial charge in [-0.2, -0.15) is 0 Å². The fourth-order valence-electron chi connectivity index (χ4n) is 2.10. The first-order valence-corrected chi connectivity index (χ1v) is 8.00. The SMILES string of the molecule is CC[C@H](CO)NCc1ccc(OCc2ccc(F)cc2Cl)cc1. The van der Waals surface area contributed by atoms with Crippen LogP contribution in [0.5, 0.6) is 5.75 Å². The normalized spacial score (nSPS) is 12.2. The van der Waals surface area contributed by atoms with E-state index in [0.29, 0.717) is 18.2 Å². The first kappa shape index (κ1) is 17.7. The number of rotatable bonds is 8. The number of benzene rings is 2. The summed E-state index contributed by atoms with van der Waals surface area (Å²) in [6.45, 7) is 3.16. The third kappa shape index (κ3) is 5.50. The quantitative estimate of drug-likeness (QED) is 0.767. The maximum Gasteiger partial charge on any atom is 0.124 e. The van der Waals surface area contributed by atoms with E-state index in [1.807, 2.05) is 31.2 Å². The number of halogens is 2. The molecule has 0 aliphatic carbocycles. The summed E-state index contributed by atoms with van der Waals surface area (Å²) in [5.41, 5.74) is 1.86. The lowest BCUT2D eigenvalue weighted by Crippen LogP contribution is -2.31. The van der Waals surface area contributed by atoms with Crippen molar-refractivity contribution < 1.29 is 14.2 Å². The third-order valence-corrected chi connectivity index (χ3v) is 3.99. The van der Waals surface area contributed by atoms with E-state index in [1.165, 1.54) is 12.1 Å². The lowest BCUT2D eigenvalue weighted by molar-refractivity contribution is 0.238. The standard InChI is InChI=1S/C18H21ClFNO2/c1-2-16(11-22)21-10-13-3-7-17(8-4-13)23-12-14-5-6-15(20)9-18(14)19/h3-9,16,21-22H,2,10-12H2,1H3/t16-/m1/s1. The van der Waals surface area contributed by atoms with Gasteiger partial charge < -0.3 is 15.2 Å². The highest BCUT2D eigenvalue weighted by Gasteiger charge is 2.05. The Morgan fingerprint density at radius 1 is 1.22 bits per heavy atom. The summed E-state index contributed by atoms with van der Waals surface area (Å²) in [6, 6.07) is 12.1. The molecule has 2 aromatic rings. The van der Waals surface area contributed by atoms with Crippen molar-refractivity contribution >= 4 is 11.6 Å². The van der Waals surface area contributed by atoms with Gasteiger partial charge in [0.15, 0.2) is 0 Å². The predicted octanol–water partition coefficient (Wildman–Crippen LogP) is 3.92. The summed E-state index contributed by atoms with van der Waals surface area (Å²) in [6.07, 6.45) is 0.885. The fourth-order valence-corrected chi connectivity index (χ4v) is 2.33. The number of aliphatic hydroxyl groups excluding tert-OH is 1. The molecule has 1 atom stereocenters. The average molecular weight is 338 g/mol. The van der Waals surface area contributed by atoms with Crippen molar-refractivity contribution in [3.63, 3.8) is 0 Å². The van der Waals surface area contributed by atoms with E-state index in [2.05, 4.69) is 5.32 Å². The molecule has 0 amide bonds. The van der Waals surface area contributed by atoms with Crippen LogP contribution in [-0.4, -0.2) is 17.8 Å². The highest BCUT2D eigenvalue weighted by molar-refractivity contribution is 6.31. The van der Waals surface area contributed by atoms with Gasteiger partial charge in [-0.1, -0.05) is 36.7 Å². The molecule has 0 heterocycles. The monoisotopic (exact) mass is 337 g/mol. The predicted molar refractivity (Wildman–Crippen MR) is 90.2 cm³/mol. The van der Waals surface area contributed by atoms with E-state index < -0.39 is 0 Å². The van der Waals surface area contributed by atoms with Crippen molar-refractivity contribution in [2.75, 3.05) is 6.61 Å². The molecule has 124 valence electrons. The second-order valence-corrected chi connectivity index (χ2v) is 5.74. The van der Waals surface area contributed by atoms with Gasteiger partial charge in [-0.15, -0.1) is 0 Å². The Bertz CT molecular complexity index is 615. The Hall–Kier alpha value is -1.62. The molecule has 0 fully saturated rings. The molecule has 0 aromatic heterocycles. The molecule has 0 unspecified atom stereocenters. The largest absolute Gasteiger partial charge is 0.489 e. The minimum absolute atomic E-state index is 0.117. The van der Waals surface area contributed by atoms with Gasteiger partial charge in [0.25, 0.3) is 0 Å². The highest BCUT2D eigenvalue weighted by Crippen LogP contribution is 2.20. The van der Waals surface area contributed by atoms with Gasteiger partial charge in [0, 0.05) is 18.2 Å². The molecule has 2 rings (SSSR count). The Labute approximate surface area is 141 Å². The van der Waals surface area contributed by atoms with E-state index in [4.69, 9.17) is 21.4 Å². The van der Waals surface area contributed by atoms with Gasteiger partial charge in [-0.3, -0.25) is 0 Å². The van der Waals surface area contributed by atoms with Crippen molar-refractivity contribution in [2.24, 2.45) is 0 Å². The zero-order valence-corrected chi connectivity index (χ0v) is 13.8. The molecule has 2 aromatic carbocycles. The first-order valence-electron chi connectivity index (χ1n) is 7.62. The number of hydrogen-bond donors (Lipinski definition) is 2. The second kappa shape index (κ2) is 8.87. The Kier molecular flexibility index (Phi) is 6.84. The highest BCUT2D eigenvalue weighted by atomic mass is 35.5. The minimum Gasteiger partial charge on any atom is -0.489 e. The van der Waals surface area contributed by atoms with E-state index in [-0.39, 0.29) is 18.5 Å². The van der Waals surface area contributed by atoms with Crippen LogP contribution in [0.4, 0.5) is 4.39 Å². The molecule has 5 heteroatoms. The van der Waals surface area contributed by atoms with Gasteiger partial charge in [0.2, 0.25) is 0 Å². The summed E-state index contributed by atoms with van der Waals surface area (Å²) < 4.78 is 18.7. The van der Waals surface area contributed by atoms with Crippen molar-refractivity contribution in [1.82, 2.24) is 5.32 Å². The molecule has 0 aliphatic rings. The van der Waals surface area contributed by atoms with Crippen molar-refractivity contribution in [1.29, 1.82) is 0 Å². The van der Waals surface area contributed by atoms with Crippen LogP contribution in [0.3, 0.4) is 0 Å². The molecule has 0 bridgehead atoms. The van der Waals surface area contributed by atoms with Crippen LogP contribution in [0.25, 0.3) is 0 Å². The Morgan fingerprint density at radius 3 is 2.57 bits per heavy atom. The lowest BCUT2D eigenvalue weighted by Gasteiger charge is -2.14. The topological polar surface area (TPSA) is 41.5 Å². The molecular formula is C18H21ClFNO2. The van der Waals surface area contributed by atoms with Crippen LogP contribution in [-0.2, 0) is 13.2 Å². The van der Waals surface area contributed by atoms with Gasteiger partial charge in [0.1, 0.15) is 18.2 Å². The van der Waals surface area contributed by atoms with E-state index in [0.717, 1.165) is 23.3 Å². The van der Waals surface area contributed by atoms with Crippen LogP contribution in [0.1, 0.15) is 24.5 Å². The van der Waals surface area contributed by atoms with Gasteiger partial charge in [-0.25, -0.2) is 4.39 Å². The summed E-state index contributed by atoms with van der Waals surface area (Å²) in [5.74, 6) is 0.368. The fraction of sp³-hybridized carbons (Fsp3) is 0.333. The van der Waals surface area contributed by atoms with Crippen LogP contribution in [0.2, 0.25) is 5.02 Å². The van der Waals surface area contributed by atoms with E-state index in [1.54, 1.807) is 6.07 Å². The van der Waals surface area contributed by atoms with Crippen LogP contribution in [0, 0.1) is 5.82 Å². The summed E-state index contributed by atoms with van der Waals surface area (Å²) in [4.78, 5) is 0. The Balaban J connectivity index is 1.87. The van der Waals surface area contributed by atoms with Crippen LogP contribution < -0.4 is 10.1 Å². The number of ether oxygens (including phenoxy) is 1. The summed E-state index contributed by atoms with van der Waals surface area (Å²) in [5, 5.41) is 12.8. The van der Waals surface area contributed by atoms with Gasteiger partial charge in [0.05, 0.1) is 11.6 Å². The maximum absolute atomic E-state index is 13.0. The summed E-state index contributed by atoms with van der Waals surface area (Å²) >= 11 is 5.97. The Morgan fingerprint density at radius 2 is 1.96 bits per heavy atom. The molecule has 2 N–H and O–H groups in total. The number of hydrogen-bond acceptors (Lipinski definition) is 3. The van der Waals surface area contributed by atoms with Gasteiger partial charge >= 0.3 is 0 Å². The second-order valence-electron chi connectivity index (χ2n) is 5.34. The van der Waals surface area contributed by atoms with E-state index >= 15 is 0 Å². The first-order chi connectivity index (χ1) is 11.1. The van der Waals surface area contributed by atoms with Crippen LogP contribution >= 0.6 is 11.6 Å². The smallest absolute Gasteiger partial charge is 0.124 e. The third-order valence-electron chi connectivity index (χ3n) is 3.64. The van der Waals surface area contributed by atoms with E-state index in [9.17, 15) is 4.39 Å². The molecule has 0 radical (unpaired) electrons. The van der Waals surface area contributed by atoms with Crippen LogP contribution in [0.15, 0.2) is 42.5 Å². The zero-order valence-electron chi connectivity index (χ0n) is 13.1. The maximum atomic E-state index is 13.0. The zero-order chi connectivity index (χ0) is 16.7. The number of nitrogens with one attached hydrogen (secondary N) is 1. The molecule has 3 nitrogen and oxygen atoms in total. The average Bonchev–Trinajstić information content (AvgIpc) is 2.56. The summed E-state index contributed by atoms with van der Waals surface area (Å²) in [7, 11) is 0. The molecule has 0 saturated heterocycles. The molecule has 0 saturated carbocycles. The molecule has 0 aliphatic heterocycles. The molecular weight excluding hydrogens is 317 g/mol. The van der Waals surface area contributed by atoms with Crippen molar-refractivity contribution in [2.45, 2.75) is 32.5 Å². The van der Waals surface area contributed by atoms with Crippen molar-refractivity contribution in [3.05, 3.63) is 64.4 Å². The number of aliphatic hydroxyl groups is 1. The van der Waals surface area contributed by atoms with Gasteiger partial charge in [-0.05, 0) is 36.2 Å². The van der Waals surface area contributed by atoms with Crippen molar-refractivity contribution in [3.8, 4) is 5.75 Å². The minimum atomic E-state index is -0.358. The molecule has 0 spiro atoms. The molecule has 23 heavy (non-hydrogen) atoms. The lowest BCUT2D eigenvalue weighted by atomic mass is 10.2.